The van der Waals surface area contributed by atoms with Crippen molar-refractivity contribution in [2.75, 3.05) is 6.54 Å². The van der Waals surface area contributed by atoms with Crippen molar-refractivity contribution in [3.05, 3.63) is 83.4 Å². The van der Waals surface area contributed by atoms with E-state index in [2.05, 4.69) is 64.5 Å². The Hall–Kier alpha value is -3.33. The molecule has 1 aromatic heterocycles. The SMILES string of the molecule is O=C1NCCn2c(-c3cccc4c3-c3ccccc3C4)cc3cccc1c32. The fourth-order valence-corrected chi connectivity index (χ4v) is 4.74. The Kier molecular flexibility index (Phi) is 2.92. The third-order valence-electron chi connectivity index (χ3n) is 5.88. The van der Waals surface area contributed by atoms with Crippen LogP contribution in [0.2, 0.25) is 0 Å². The van der Waals surface area contributed by atoms with Crippen LogP contribution in [0.25, 0.3) is 33.3 Å². The molecule has 0 saturated heterocycles. The summed E-state index contributed by atoms with van der Waals surface area (Å²) in [4.78, 5) is 12.5. The van der Waals surface area contributed by atoms with E-state index in [0.717, 1.165) is 29.4 Å². The first-order valence-corrected chi connectivity index (χ1v) is 9.42. The maximum atomic E-state index is 12.5. The van der Waals surface area contributed by atoms with Crippen molar-refractivity contribution in [1.82, 2.24) is 9.88 Å². The third kappa shape index (κ3) is 2.00. The smallest absolute Gasteiger partial charge is 0.253 e. The van der Waals surface area contributed by atoms with Crippen molar-refractivity contribution >= 4 is 16.8 Å². The van der Waals surface area contributed by atoms with Crippen molar-refractivity contribution < 1.29 is 4.79 Å². The van der Waals surface area contributed by atoms with E-state index >= 15 is 0 Å². The van der Waals surface area contributed by atoms with Gasteiger partial charge in [0.2, 0.25) is 0 Å². The van der Waals surface area contributed by atoms with Crippen molar-refractivity contribution in [1.29, 1.82) is 0 Å². The Balaban J connectivity index is 1.68. The molecule has 3 aromatic carbocycles. The predicted octanol–water partition coefficient (Wildman–Crippen LogP) is 4.62. The second-order valence-electron chi connectivity index (χ2n) is 7.35. The van der Waals surface area contributed by atoms with Gasteiger partial charge in [0, 0.05) is 29.7 Å². The number of fused-ring (bicyclic) bond motifs is 3. The van der Waals surface area contributed by atoms with E-state index in [0.29, 0.717) is 6.54 Å². The minimum atomic E-state index is 0.0210. The largest absolute Gasteiger partial charge is 0.350 e. The molecule has 1 N–H and O–H groups in total. The second-order valence-corrected chi connectivity index (χ2v) is 7.35. The Morgan fingerprint density at radius 3 is 2.56 bits per heavy atom. The number of carbonyl (C=O) groups is 1. The van der Waals surface area contributed by atoms with Gasteiger partial charge in [-0.05, 0) is 40.8 Å². The summed E-state index contributed by atoms with van der Waals surface area (Å²) in [6, 6.07) is 23.6. The molecule has 2 heterocycles. The Labute approximate surface area is 157 Å². The molecule has 6 rings (SSSR count). The van der Waals surface area contributed by atoms with Crippen molar-refractivity contribution in [3.8, 4) is 22.4 Å². The third-order valence-corrected chi connectivity index (χ3v) is 5.88. The summed E-state index contributed by atoms with van der Waals surface area (Å²) in [6.07, 6.45) is 0.991. The highest BCUT2D eigenvalue weighted by Crippen LogP contribution is 2.44. The number of benzene rings is 3. The lowest BCUT2D eigenvalue weighted by atomic mass is 9.97. The Morgan fingerprint density at radius 1 is 0.815 bits per heavy atom. The molecule has 1 aliphatic heterocycles. The van der Waals surface area contributed by atoms with Crippen LogP contribution < -0.4 is 5.32 Å². The molecular weight excluding hydrogens is 332 g/mol. The van der Waals surface area contributed by atoms with Gasteiger partial charge in [-0.3, -0.25) is 4.79 Å². The highest BCUT2D eigenvalue weighted by atomic mass is 16.1. The fourth-order valence-electron chi connectivity index (χ4n) is 4.74. The lowest BCUT2D eigenvalue weighted by Gasteiger charge is -2.13. The minimum Gasteiger partial charge on any atom is -0.350 e. The van der Waals surface area contributed by atoms with Gasteiger partial charge in [0.05, 0.1) is 11.1 Å². The van der Waals surface area contributed by atoms with Gasteiger partial charge in [0.15, 0.2) is 0 Å². The van der Waals surface area contributed by atoms with E-state index in [-0.39, 0.29) is 5.91 Å². The molecule has 1 aliphatic carbocycles. The molecule has 2 aliphatic rings. The van der Waals surface area contributed by atoms with Gasteiger partial charge in [0.1, 0.15) is 0 Å². The number of hydrogen-bond acceptors (Lipinski definition) is 1. The zero-order valence-electron chi connectivity index (χ0n) is 14.8. The highest BCUT2D eigenvalue weighted by Gasteiger charge is 2.25. The molecule has 3 heteroatoms. The van der Waals surface area contributed by atoms with Crippen LogP contribution in [0.5, 0.6) is 0 Å². The molecule has 1 amide bonds. The summed E-state index contributed by atoms with van der Waals surface area (Å²) in [6.45, 7) is 1.43. The fraction of sp³-hybridized carbons (Fsp3) is 0.125. The first-order valence-electron chi connectivity index (χ1n) is 9.42. The first kappa shape index (κ1) is 14.8. The van der Waals surface area contributed by atoms with E-state index in [4.69, 9.17) is 0 Å². The summed E-state index contributed by atoms with van der Waals surface area (Å²) in [5.41, 5.74) is 9.73. The van der Waals surface area contributed by atoms with Crippen molar-refractivity contribution in [2.45, 2.75) is 13.0 Å². The lowest BCUT2D eigenvalue weighted by Crippen LogP contribution is -2.24. The van der Waals surface area contributed by atoms with Crippen LogP contribution in [-0.4, -0.2) is 17.0 Å². The topological polar surface area (TPSA) is 34.0 Å². The van der Waals surface area contributed by atoms with E-state index < -0.39 is 0 Å². The number of amides is 1. The standard InChI is InChI=1S/C24H18N2O/c27-24-20-10-4-7-17-14-21(26(23(17)20)12-11-25-24)19-9-3-6-16-13-15-5-1-2-8-18(15)22(16)19/h1-10,14H,11-13H2,(H,25,27). The van der Waals surface area contributed by atoms with Gasteiger partial charge in [-0.2, -0.15) is 0 Å². The monoisotopic (exact) mass is 350 g/mol. The van der Waals surface area contributed by atoms with Gasteiger partial charge in [-0.15, -0.1) is 0 Å². The maximum Gasteiger partial charge on any atom is 0.253 e. The molecule has 0 saturated carbocycles. The molecule has 0 radical (unpaired) electrons. The lowest BCUT2D eigenvalue weighted by molar-refractivity contribution is 0.0956. The summed E-state index contributed by atoms with van der Waals surface area (Å²) < 4.78 is 2.32. The predicted molar refractivity (Wildman–Crippen MR) is 108 cm³/mol. The van der Waals surface area contributed by atoms with Crippen LogP contribution in [-0.2, 0) is 13.0 Å². The van der Waals surface area contributed by atoms with Gasteiger partial charge in [-0.25, -0.2) is 0 Å². The van der Waals surface area contributed by atoms with Crippen LogP contribution in [0.3, 0.4) is 0 Å². The molecule has 4 aromatic rings. The number of rotatable bonds is 1. The van der Waals surface area contributed by atoms with Gasteiger partial charge < -0.3 is 9.88 Å². The summed E-state index contributed by atoms with van der Waals surface area (Å²) in [5, 5.41) is 4.15. The number of hydrogen-bond donors (Lipinski definition) is 1. The van der Waals surface area contributed by atoms with Crippen LogP contribution in [0, 0.1) is 0 Å². The van der Waals surface area contributed by atoms with Crippen molar-refractivity contribution in [2.24, 2.45) is 0 Å². The van der Waals surface area contributed by atoms with E-state index in [1.807, 2.05) is 12.1 Å². The molecule has 0 spiro atoms. The van der Waals surface area contributed by atoms with E-state index in [1.165, 1.54) is 33.5 Å². The zero-order valence-corrected chi connectivity index (χ0v) is 14.8. The molecule has 0 fully saturated rings. The highest BCUT2D eigenvalue weighted by molar-refractivity contribution is 6.08. The molecule has 27 heavy (non-hydrogen) atoms. The first-order chi connectivity index (χ1) is 13.3. The molecule has 0 atom stereocenters. The number of nitrogens with zero attached hydrogens (tertiary/aromatic N) is 1. The van der Waals surface area contributed by atoms with Crippen LogP contribution in [0.15, 0.2) is 66.7 Å². The van der Waals surface area contributed by atoms with Crippen LogP contribution in [0.4, 0.5) is 0 Å². The molecule has 130 valence electrons. The van der Waals surface area contributed by atoms with E-state index in [9.17, 15) is 4.79 Å². The molecule has 3 nitrogen and oxygen atoms in total. The Morgan fingerprint density at radius 2 is 1.59 bits per heavy atom. The van der Waals surface area contributed by atoms with Gasteiger partial charge in [0.25, 0.3) is 5.91 Å². The van der Waals surface area contributed by atoms with Crippen molar-refractivity contribution in [3.63, 3.8) is 0 Å². The molecular formula is C24H18N2O. The summed E-state index contributed by atoms with van der Waals surface area (Å²) in [7, 11) is 0. The van der Waals surface area contributed by atoms with Gasteiger partial charge >= 0.3 is 0 Å². The molecule has 0 bridgehead atoms. The average molecular weight is 350 g/mol. The number of nitrogens with one attached hydrogen (secondary N) is 1. The summed E-state index contributed by atoms with van der Waals surface area (Å²) >= 11 is 0. The van der Waals surface area contributed by atoms with Crippen LogP contribution in [0.1, 0.15) is 21.5 Å². The normalized spacial score (nSPS) is 14.6. The Bertz CT molecular complexity index is 1250. The average Bonchev–Trinajstić information content (AvgIpc) is 3.20. The van der Waals surface area contributed by atoms with Crippen LogP contribution >= 0.6 is 0 Å². The summed E-state index contributed by atoms with van der Waals surface area (Å²) in [5.74, 6) is 0.0210. The second kappa shape index (κ2) is 5.34. The van der Waals surface area contributed by atoms with Gasteiger partial charge in [-0.1, -0.05) is 54.6 Å². The number of carbonyl (C=O) groups excluding carboxylic acids is 1. The number of aromatic nitrogens is 1. The molecule has 0 unspecified atom stereocenters. The quantitative estimate of drug-likeness (QED) is 0.470. The van der Waals surface area contributed by atoms with E-state index in [1.54, 1.807) is 0 Å². The minimum absolute atomic E-state index is 0.0210. The number of para-hydroxylation sites is 1. The maximum absolute atomic E-state index is 12.5. The zero-order chi connectivity index (χ0) is 18.0.